The standard InChI is InChI=1S/C11H21N/c1-11(2,9-5-4-6-9)10-7-12(3)8-10/h9-10H,4-8H2,1-3H3. The molecular formula is C11H21N. The molecule has 0 N–H and O–H groups in total. The minimum absolute atomic E-state index is 0.630. The summed E-state index contributed by atoms with van der Waals surface area (Å²) in [5.74, 6) is 2.02. The van der Waals surface area contributed by atoms with Crippen LogP contribution in [-0.2, 0) is 0 Å². The Hall–Kier alpha value is -0.0400. The lowest BCUT2D eigenvalue weighted by molar-refractivity contribution is -0.0291. The summed E-state index contributed by atoms with van der Waals surface area (Å²) < 4.78 is 0. The molecule has 0 amide bonds. The van der Waals surface area contributed by atoms with Crippen molar-refractivity contribution in [2.45, 2.75) is 33.1 Å². The van der Waals surface area contributed by atoms with Crippen LogP contribution in [-0.4, -0.2) is 25.0 Å². The van der Waals surface area contributed by atoms with E-state index in [1.54, 1.807) is 0 Å². The van der Waals surface area contributed by atoms with E-state index < -0.39 is 0 Å². The average molecular weight is 167 g/mol. The maximum Gasteiger partial charge on any atom is 0.00242 e. The molecule has 0 aromatic heterocycles. The molecular weight excluding hydrogens is 146 g/mol. The Labute approximate surface area is 76.1 Å². The molecule has 1 saturated carbocycles. The van der Waals surface area contributed by atoms with Crippen LogP contribution in [0.25, 0.3) is 0 Å². The summed E-state index contributed by atoms with van der Waals surface area (Å²) in [7, 11) is 2.23. The van der Waals surface area contributed by atoms with Gasteiger partial charge >= 0.3 is 0 Å². The van der Waals surface area contributed by atoms with Crippen LogP contribution >= 0.6 is 0 Å². The molecule has 0 spiro atoms. The van der Waals surface area contributed by atoms with Crippen LogP contribution in [0.3, 0.4) is 0 Å². The van der Waals surface area contributed by atoms with Gasteiger partial charge in [0.15, 0.2) is 0 Å². The summed E-state index contributed by atoms with van der Waals surface area (Å²) in [5.41, 5.74) is 0.630. The van der Waals surface area contributed by atoms with Crippen LogP contribution in [0.2, 0.25) is 0 Å². The third-order valence-electron chi connectivity index (χ3n) is 4.27. The third-order valence-corrected chi connectivity index (χ3v) is 4.27. The van der Waals surface area contributed by atoms with Gasteiger partial charge in [0.25, 0.3) is 0 Å². The lowest BCUT2D eigenvalue weighted by Gasteiger charge is -2.52. The molecule has 0 radical (unpaired) electrons. The molecule has 2 aliphatic rings. The van der Waals surface area contributed by atoms with Crippen molar-refractivity contribution in [3.8, 4) is 0 Å². The fourth-order valence-electron chi connectivity index (χ4n) is 2.66. The van der Waals surface area contributed by atoms with Crippen molar-refractivity contribution in [2.24, 2.45) is 17.3 Å². The van der Waals surface area contributed by atoms with Gasteiger partial charge in [-0.3, -0.25) is 0 Å². The van der Waals surface area contributed by atoms with E-state index in [0.29, 0.717) is 5.41 Å². The van der Waals surface area contributed by atoms with Crippen molar-refractivity contribution < 1.29 is 0 Å². The SMILES string of the molecule is CN1CC(C(C)(C)C2CCC2)C1. The maximum absolute atomic E-state index is 2.48. The second-order valence-corrected chi connectivity index (χ2v) is 5.37. The molecule has 0 unspecified atom stereocenters. The van der Waals surface area contributed by atoms with E-state index in [0.717, 1.165) is 11.8 Å². The van der Waals surface area contributed by atoms with Gasteiger partial charge in [0, 0.05) is 13.1 Å². The zero-order valence-corrected chi connectivity index (χ0v) is 8.64. The molecule has 1 saturated heterocycles. The molecule has 2 fully saturated rings. The first-order chi connectivity index (χ1) is 5.60. The summed E-state index contributed by atoms with van der Waals surface area (Å²) in [5, 5.41) is 0. The number of nitrogens with zero attached hydrogens (tertiary/aromatic N) is 1. The van der Waals surface area contributed by atoms with Crippen LogP contribution in [0.15, 0.2) is 0 Å². The van der Waals surface area contributed by atoms with Crippen LogP contribution in [0, 0.1) is 17.3 Å². The maximum atomic E-state index is 2.48. The average Bonchev–Trinajstić information content (AvgIpc) is 1.75. The topological polar surface area (TPSA) is 3.24 Å². The summed E-state index contributed by atoms with van der Waals surface area (Å²) in [6.07, 6.45) is 4.47. The number of hydrogen-bond donors (Lipinski definition) is 0. The first-order valence-corrected chi connectivity index (χ1v) is 5.29. The van der Waals surface area contributed by atoms with E-state index in [2.05, 4.69) is 25.8 Å². The molecule has 1 aliphatic carbocycles. The van der Waals surface area contributed by atoms with Gasteiger partial charge in [0.1, 0.15) is 0 Å². The van der Waals surface area contributed by atoms with E-state index in [1.165, 1.54) is 32.4 Å². The number of hydrogen-bond acceptors (Lipinski definition) is 1. The Morgan fingerprint density at radius 2 is 1.67 bits per heavy atom. The van der Waals surface area contributed by atoms with Gasteiger partial charge in [0.2, 0.25) is 0 Å². The summed E-state index contributed by atoms with van der Waals surface area (Å²) in [6.45, 7) is 7.63. The monoisotopic (exact) mass is 167 g/mol. The normalized spacial score (nSPS) is 28.2. The molecule has 1 aliphatic heterocycles. The lowest BCUT2D eigenvalue weighted by Crippen LogP contribution is -2.53. The second-order valence-electron chi connectivity index (χ2n) is 5.37. The van der Waals surface area contributed by atoms with Crippen molar-refractivity contribution in [1.29, 1.82) is 0 Å². The van der Waals surface area contributed by atoms with Crippen molar-refractivity contribution in [2.75, 3.05) is 20.1 Å². The van der Waals surface area contributed by atoms with Crippen LogP contribution in [0.4, 0.5) is 0 Å². The molecule has 12 heavy (non-hydrogen) atoms. The number of rotatable bonds is 2. The number of likely N-dealkylation sites (tertiary alicyclic amines) is 1. The van der Waals surface area contributed by atoms with E-state index in [1.807, 2.05) is 0 Å². The summed E-state index contributed by atoms with van der Waals surface area (Å²) >= 11 is 0. The van der Waals surface area contributed by atoms with Crippen LogP contribution in [0.1, 0.15) is 33.1 Å². The highest BCUT2D eigenvalue weighted by atomic mass is 15.2. The Balaban J connectivity index is 1.91. The largest absolute Gasteiger partial charge is 0.306 e. The molecule has 0 aromatic rings. The fraction of sp³-hybridized carbons (Fsp3) is 1.00. The van der Waals surface area contributed by atoms with Gasteiger partial charge in [-0.05, 0) is 37.1 Å². The smallest absolute Gasteiger partial charge is 0.00242 e. The van der Waals surface area contributed by atoms with Crippen molar-refractivity contribution in [3.63, 3.8) is 0 Å². The Morgan fingerprint density at radius 1 is 1.08 bits per heavy atom. The first-order valence-electron chi connectivity index (χ1n) is 5.29. The molecule has 0 bridgehead atoms. The molecule has 1 heteroatoms. The second kappa shape index (κ2) is 2.73. The van der Waals surface area contributed by atoms with Gasteiger partial charge in [-0.15, -0.1) is 0 Å². The molecule has 2 rings (SSSR count). The predicted octanol–water partition coefficient (Wildman–Crippen LogP) is 2.37. The van der Waals surface area contributed by atoms with Gasteiger partial charge in [-0.2, -0.15) is 0 Å². The van der Waals surface area contributed by atoms with Gasteiger partial charge in [0.05, 0.1) is 0 Å². The molecule has 0 atom stereocenters. The summed E-state index contributed by atoms with van der Waals surface area (Å²) in [4.78, 5) is 2.44. The highest BCUT2D eigenvalue weighted by Gasteiger charge is 2.43. The Kier molecular flexibility index (Phi) is 1.95. The van der Waals surface area contributed by atoms with E-state index in [4.69, 9.17) is 0 Å². The van der Waals surface area contributed by atoms with E-state index in [-0.39, 0.29) is 0 Å². The van der Waals surface area contributed by atoms with Crippen molar-refractivity contribution in [1.82, 2.24) is 4.90 Å². The minimum Gasteiger partial charge on any atom is -0.306 e. The summed E-state index contributed by atoms with van der Waals surface area (Å²) in [6, 6.07) is 0. The molecule has 1 nitrogen and oxygen atoms in total. The van der Waals surface area contributed by atoms with Gasteiger partial charge in [-0.25, -0.2) is 0 Å². The Bertz CT molecular complexity index is 164. The zero-order valence-electron chi connectivity index (χ0n) is 8.64. The molecule has 70 valence electrons. The quantitative estimate of drug-likeness (QED) is 0.610. The highest BCUT2D eigenvalue weighted by molar-refractivity contribution is 4.95. The van der Waals surface area contributed by atoms with Crippen LogP contribution < -0.4 is 0 Å². The van der Waals surface area contributed by atoms with Gasteiger partial charge in [-0.1, -0.05) is 20.3 Å². The van der Waals surface area contributed by atoms with Crippen molar-refractivity contribution in [3.05, 3.63) is 0 Å². The Morgan fingerprint density at radius 3 is 2.00 bits per heavy atom. The predicted molar refractivity (Wildman–Crippen MR) is 52.1 cm³/mol. The van der Waals surface area contributed by atoms with Crippen LogP contribution in [0.5, 0.6) is 0 Å². The van der Waals surface area contributed by atoms with Crippen molar-refractivity contribution >= 4 is 0 Å². The van der Waals surface area contributed by atoms with Gasteiger partial charge < -0.3 is 4.90 Å². The third kappa shape index (κ3) is 1.19. The fourth-order valence-corrected chi connectivity index (χ4v) is 2.66. The highest BCUT2D eigenvalue weighted by Crippen LogP contribution is 2.48. The zero-order chi connectivity index (χ0) is 8.77. The molecule has 0 aromatic carbocycles. The minimum atomic E-state index is 0.630. The lowest BCUT2D eigenvalue weighted by atomic mass is 9.60. The van der Waals surface area contributed by atoms with E-state index in [9.17, 15) is 0 Å². The first kappa shape index (κ1) is 8.55. The molecule has 1 heterocycles. The van der Waals surface area contributed by atoms with E-state index >= 15 is 0 Å².